The van der Waals surface area contributed by atoms with E-state index in [4.69, 9.17) is 21.9 Å². The molecular formula is C24H24ClN5O3S. The lowest BCUT2D eigenvalue weighted by Crippen LogP contribution is -2.13. The van der Waals surface area contributed by atoms with Gasteiger partial charge in [0.15, 0.2) is 27.1 Å². The highest BCUT2D eigenvalue weighted by Gasteiger charge is 2.20. The summed E-state index contributed by atoms with van der Waals surface area (Å²) < 4.78 is 30.3. The Morgan fingerprint density at radius 2 is 1.76 bits per heavy atom. The third-order valence-corrected chi connectivity index (χ3v) is 7.88. The second-order valence-electron chi connectivity index (χ2n) is 8.02. The van der Waals surface area contributed by atoms with Gasteiger partial charge >= 0.3 is 0 Å². The fraction of sp³-hybridized carbons (Fsp3) is 0.208. The van der Waals surface area contributed by atoms with E-state index in [1.54, 1.807) is 44.2 Å². The van der Waals surface area contributed by atoms with Gasteiger partial charge in [0, 0.05) is 28.8 Å². The quantitative estimate of drug-likeness (QED) is 0.379. The molecule has 8 nitrogen and oxygen atoms in total. The van der Waals surface area contributed by atoms with Crippen molar-refractivity contribution >= 4 is 27.3 Å². The first kappa shape index (κ1) is 23.9. The summed E-state index contributed by atoms with van der Waals surface area (Å²) in [5, 5.41) is 7.33. The normalized spacial score (nSPS) is 11.8. The Balaban J connectivity index is 1.65. The van der Waals surface area contributed by atoms with Crippen LogP contribution in [0, 0.1) is 0 Å². The molecule has 0 aliphatic carbocycles. The van der Waals surface area contributed by atoms with Gasteiger partial charge in [0.25, 0.3) is 0 Å². The van der Waals surface area contributed by atoms with E-state index >= 15 is 0 Å². The molecule has 4 aromatic rings. The zero-order valence-electron chi connectivity index (χ0n) is 18.9. The molecule has 0 amide bonds. The number of halogens is 1. The van der Waals surface area contributed by atoms with Gasteiger partial charge in [0.1, 0.15) is 5.69 Å². The van der Waals surface area contributed by atoms with Crippen molar-refractivity contribution in [3.63, 3.8) is 0 Å². The Bertz CT molecular complexity index is 1430. The van der Waals surface area contributed by atoms with E-state index in [0.717, 1.165) is 11.1 Å². The van der Waals surface area contributed by atoms with Gasteiger partial charge in [-0.1, -0.05) is 41.0 Å². The van der Waals surface area contributed by atoms with Crippen LogP contribution in [0.4, 0.5) is 5.82 Å². The number of aromatic nitrogens is 3. The number of hydrogen-bond donors (Lipinski definition) is 2. The van der Waals surface area contributed by atoms with Crippen LogP contribution in [0.25, 0.3) is 34.0 Å². The van der Waals surface area contributed by atoms with Crippen LogP contribution in [0.5, 0.6) is 0 Å². The summed E-state index contributed by atoms with van der Waals surface area (Å²) in [6.45, 7) is 3.96. The van der Waals surface area contributed by atoms with Gasteiger partial charge in [-0.3, -0.25) is 0 Å². The minimum Gasteiger partial charge on any atom is -0.382 e. The summed E-state index contributed by atoms with van der Waals surface area (Å²) in [4.78, 5) is 9.10. The maximum absolute atomic E-state index is 12.4. The number of nitrogen functional groups attached to an aromatic ring is 1. The molecule has 4 rings (SSSR count). The highest BCUT2D eigenvalue weighted by atomic mass is 35.5. The molecule has 0 atom stereocenters. The smallest absolute Gasteiger partial charge is 0.189 e. The Hall–Kier alpha value is -3.27. The summed E-state index contributed by atoms with van der Waals surface area (Å²) in [6.07, 6.45) is 1.53. The average molecular weight is 498 g/mol. The zero-order chi connectivity index (χ0) is 24.5. The monoisotopic (exact) mass is 497 g/mol. The Morgan fingerprint density at radius 1 is 1.06 bits per heavy atom. The van der Waals surface area contributed by atoms with Crippen LogP contribution >= 0.6 is 11.6 Å². The summed E-state index contributed by atoms with van der Waals surface area (Å²) in [5.41, 5.74) is 9.99. The summed E-state index contributed by atoms with van der Waals surface area (Å²) in [5.74, 6) is 0.545. The van der Waals surface area contributed by atoms with Crippen LogP contribution in [0.1, 0.15) is 19.4 Å². The van der Waals surface area contributed by atoms with E-state index in [0.29, 0.717) is 40.0 Å². The van der Waals surface area contributed by atoms with Crippen molar-refractivity contribution in [2.75, 3.05) is 12.8 Å². The maximum atomic E-state index is 12.4. The molecule has 0 unspecified atom stereocenters. The average Bonchev–Trinajstić information content (AvgIpc) is 3.31. The van der Waals surface area contributed by atoms with Crippen LogP contribution in [0.3, 0.4) is 0 Å². The van der Waals surface area contributed by atoms with Crippen molar-refractivity contribution in [3.05, 3.63) is 65.3 Å². The van der Waals surface area contributed by atoms with Gasteiger partial charge in [-0.15, -0.1) is 0 Å². The van der Waals surface area contributed by atoms with Gasteiger partial charge < -0.3 is 15.6 Å². The van der Waals surface area contributed by atoms with Crippen molar-refractivity contribution in [2.24, 2.45) is 0 Å². The molecule has 0 bridgehead atoms. The third kappa shape index (κ3) is 4.68. The predicted molar refractivity (Wildman–Crippen MR) is 133 cm³/mol. The van der Waals surface area contributed by atoms with Crippen molar-refractivity contribution in [1.29, 1.82) is 0 Å². The van der Waals surface area contributed by atoms with Gasteiger partial charge in [0.05, 0.1) is 22.0 Å². The van der Waals surface area contributed by atoms with E-state index in [-0.39, 0.29) is 10.7 Å². The van der Waals surface area contributed by atoms with Crippen LogP contribution < -0.4 is 11.1 Å². The second-order valence-corrected chi connectivity index (χ2v) is 10.9. The van der Waals surface area contributed by atoms with E-state index < -0.39 is 15.1 Å². The molecule has 34 heavy (non-hydrogen) atoms. The summed E-state index contributed by atoms with van der Waals surface area (Å²) in [7, 11) is -1.50. The zero-order valence-corrected chi connectivity index (χ0v) is 20.5. The van der Waals surface area contributed by atoms with Crippen LogP contribution in [-0.2, 0) is 16.4 Å². The molecule has 2 aromatic carbocycles. The molecule has 176 valence electrons. The lowest BCUT2D eigenvalue weighted by Gasteiger charge is -2.09. The van der Waals surface area contributed by atoms with Crippen molar-refractivity contribution in [3.8, 4) is 34.0 Å². The van der Waals surface area contributed by atoms with Crippen molar-refractivity contribution < 1.29 is 12.9 Å². The molecule has 10 heteroatoms. The molecule has 0 spiro atoms. The standard InChI is InChI=1S/C24H24ClN5O3S/c1-14(2)34(31,32)18-8-6-15(7-9-18)21-13-28-24(26)23(29-21)22-11-20(30-33-22)16-4-5-17(12-27-3)19(25)10-16/h4-11,13-14,27H,12H2,1-3H3,(H2,26,28). The number of benzene rings is 2. The molecule has 3 N–H and O–H groups in total. The molecular weight excluding hydrogens is 474 g/mol. The van der Waals surface area contributed by atoms with Gasteiger partial charge in [-0.2, -0.15) is 0 Å². The van der Waals surface area contributed by atoms with E-state index in [9.17, 15) is 8.42 Å². The largest absolute Gasteiger partial charge is 0.382 e. The molecule has 0 saturated carbocycles. The van der Waals surface area contributed by atoms with E-state index in [2.05, 4.69) is 20.4 Å². The lowest BCUT2D eigenvalue weighted by atomic mass is 10.1. The number of nitrogens with two attached hydrogens (primary N) is 1. The highest BCUT2D eigenvalue weighted by Crippen LogP contribution is 2.31. The van der Waals surface area contributed by atoms with Gasteiger partial charge in [-0.25, -0.2) is 18.4 Å². The topological polar surface area (TPSA) is 124 Å². The molecule has 0 radical (unpaired) electrons. The summed E-state index contributed by atoms with van der Waals surface area (Å²) in [6, 6.07) is 13.9. The first-order valence-corrected chi connectivity index (χ1v) is 12.5. The molecule has 2 aromatic heterocycles. The first-order valence-electron chi connectivity index (χ1n) is 10.6. The van der Waals surface area contributed by atoms with Crippen molar-refractivity contribution in [1.82, 2.24) is 20.4 Å². The van der Waals surface area contributed by atoms with E-state index in [1.807, 2.05) is 25.2 Å². The van der Waals surface area contributed by atoms with Crippen LogP contribution in [0.2, 0.25) is 5.02 Å². The molecule has 0 aliphatic rings. The lowest BCUT2D eigenvalue weighted by molar-refractivity contribution is 0.434. The van der Waals surface area contributed by atoms with E-state index in [1.165, 1.54) is 6.20 Å². The number of nitrogens with zero attached hydrogens (tertiary/aromatic N) is 3. The minimum absolute atomic E-state index is 0.188. The number of hydrogen-bond acceptors (Lipinski definition) is 8. The number of sulfone groups is 1. The SMILES string of the molecule is CNCc1ccc(-c2cc(-c3nc(-c4ccc(S(=O)(=O)C(C)C)cc4)cnc3N)on2)cc1Cl. The van der Waals surface area contributed by atoms with Gasteiger partial charge in [-0.05, 0) is 44.7 Å². The summed E-state index contributed by atoms with van der Waals surface area (Å²) >= 11 is 6.37. The minimum atomic E-state index is -3.36. The third-order valence-electron chi connectivity index (χ3n) is 5.36. The van der Waals surface area contributed by atoms with Crippen LogP contribution in [-0.4, -0.2) is 35.8 Å². The second kappa shape index (κ2) is 9.54. The maximum Gasteiger partial charge on any atom is 0.189 e. The number of anilines is 1. The van der Waals surface area contributed by atoms with Crippen molar-refractivity contribution in [2.45, 2.75) is 30.5 Å². The molecule has 2 heterocycles. The fourth-order valence-electron chi connectivity index (χ4n) is 3.37. The molecule has 0 aliphatic heterocycles. The Morgan fingerprint density at radius 3 is 2.41 bits per heavy atom. The predicted octanol–water partition coefficient (Wildman–Crippen LogP) is 4.60. The molecule has 0 saturated heterocycles. The highest BCUT2D eigenvalue weighted by molar-refractivity contribution is 7.92. The first-order chi connectivity index (χ1) is 16.2. The fourth-order valence-corrected chi connectivity index (χ4v) is 4.68. The molecule has 0 fully saturated rings. The van der Waals surface area contributed by atoms with Crippen LogP contribution in [0.15, 0.2) is 64.1 Å². The number of rotatable bonds is 7. The van der Waals surface area contributed by atoms with Gasteiger partial charge in [0.2, 0.25) is 0 Å². The Kier molecular flexibility index (Phi) is 6.70. The number of nitrogens with one attached hydrogen (secondary N) is 1. The Labute approximate surface area is 203 Å².